The van der Waals surface area contributed by atoms with Crippen molar-refractivity contribution in [3.8, 4) is 0 Å². The van der Waals surface area contributed by atoms with Crippen LogP contribution in [0, 0.1) is 24.7 Å². The minimum atomic E-state index is 0.241. The average molecular weight is 373 g/mol. The molecule has 3 rings (SSSR count). The number of alkyl halides is 1. The molecule has 0 radical (unpaired) electrons. The van der Waals surface area contributed by atoms with Crippen LogP contribution in [0.4, 0.5) is 0 Å². The summed E-state index contributed by atoms with van der Waals surface area (Å²) in [4.78, 5) is 0. The van der Waals surface area contributed by atoms with Crippen molar-refractivity contribution >= 4 is 40.1 Å². The second-order valence-corrected chi connectivity index (χ2v) is 6.45. The lowest BCUT2D eigenvalue weighted by Gasteiger charge is -2.26. The molecule has 0 fully saturated rings. The highest BCUT2D eigenvalue weighted by molar-refractivity contribution is 8.14. The maximum absolute atomic E-state index is 8.45. The zero-order chi connectivity index (χ0) is 18.4. The molecule has 6 heteroatoms. The van der Waals surface area contributed by atoms with Crippen molar-refractivity contribution in [3.63, 3.8) is 0 Å². The van der Waals surface area contributed by atoms with Gasteiger partial charge < -0.3 is 0 Å². The molecule has 0 saturated carbocycles. The summed E-state index contributed by atoms with van der Waals surface area (Å²) in [6.45, 7) is 4.02. The minimum absolute atomic E-state index is 0.241. The van der Waals surface area contributed by atoms with Crippen molar-refractivity contribution in [3.05, 3.63) is 70.8 Å². The fourth-order valence-corrected chi connectivity index (χ4v) is 3.14. The fraction of sp³-hybridized carbons (Fsp3) is 0.211. The third-order valence-electron chi connectivity index (χ3n) is 3.76. The van der Waals surface area contributed by atoms with Crippen molar-refractivity contribution < 1.29 is 0 Å². The zero-order valence-corrected chi connectivity index (χ0v) is 16.1. The van der Waals surface area contributed by atoms with Gasteiger partial charge in [-0.2, -0.15) is 10.1 Å². The molecule has 0 aliphatic carbocycles. The van der Waals surface area contributed by atoms with Crippen molar-refractivity contribution in [1.29, 1.82) is 10.8 Å². The monoisotopic (exact) mass is 372 g/mol. The number of hydrazone groups is 1. The Kier molecular flexibility index (Phi) is 6.79. The molecule has 0 aromatic heterocycles. The summed E-state index contributed by atoms with van der Waals surface area (Å²) in [5.41, 5.74) is 4.94. The first-order valence-electron chi connectivity index (χ1n) is 7.74. The normalized spacial score (nSPS) is 13.7. The number of halogens is 1. The standard InChI is InChI=1S/C18H18N4S.CH3Cl/c1-12-7-9-14(10-8-12)16-11-23-18(20)22(21-16)17(19)15-6-4-3-5-13(15)2;1-2/h3-10,19-20H,11H2,1-2H3;1H3. The quantitative estimate of drug-likeness (QED) is 0.448. The average Bonchev–Trinajstić information content (AvgIpc) is 2.64. The van der Waals surface area contributed by atoms with Crippen LogP contribution < -0.4 is 0 Å². The van der Waals surface area contributed by atoms with Crippen LogP contribution in [0.2, 0.25) is 0 Å². The molecule has 0 bridgehead atoms. The Labute approximate surface area is 157 Å². The number of aryl methyl sites for hydroxylation is 2. The largest absolute Gasteiger partial charge is 0.282 e. The van der Waals surface area contributed by atoms with Gasteiger partial charge in [-0.1, -0.05) is 65.9 Å². The molecule has 1 aliphatic heterocycles. The van der Waals surface area contributed by atoms with E-state index in [2.05, 4.69) is 35.8 Å². The topological polar surface area (TPSA) is 63.3 Å². The lowest BCUT2D eigenvalue weighted by molar-refractivity contribution is 0.660. The summed E-state index contributed by atoms with van der Waals surface area (Å²) < 4.78 is 0. The molecule has 2 N–H and O–H groups in total. The molecule has 0 saturated heterocycles. The minimum Gasteiger partial charge on any atom is -0.282 e. The molecule has 4 nitrogen and oxygen atoms in total. The van der Waals surface area contributed by atoms with Gasteiger partial charge in [-0.15, -0.1) is 11.6 Å². The van der Waals surface area contributed by atoms with Gasteiger partial charge in [0.15, 0.2) is 11.0 Å². The van der Waals surface area contributed by atoms with Crippen LogP contribution in [-0.2, 0) is 0 Å². The molecule has 0 atom stereocenters. The van der Waals surface area contributed by atoms with Gasteiger partial charge >= 0.3 is 0 Å². The van der Waals surface area contributed by atoms with Gasteiger partial charge in [0.2, 0.25) is 0 Å². The van der Waals surface area contributed by atoms with Crippen LogP contribution in [-0.4, -0.2) is 33.9 Å². The van der Waals surface area contributed by atoms with E-state index in [1.807, 2.05) is 43.3 Å². The van der Waals surface area contributed by atoms with Crippen molar-refractivity contribution in [2.24, 2.45) is 5.10 Å². The van der Waals surface area contributed by atoms with Crippen molar-refractivity contribution in [2.75, 3.05) is 12.1 Å². The maximum atomic E-state index is 8.45. The number of benzene rings is 2. The predicted molar refractivity (Wildman–Crippen MR) is 110 cm³/mol. The SMILES string of the molecule is CCl.Cc1ccc(C2=NN(C(=N)c3ccccc3C)C(=N)SC2)cc1. The van der Waals surface area contributed by atoms with Gasteiger partial charge in [0.25, 0.3) is 0 Å². The summed E-state index contributed by atoms with van der Waals surface area (Å²) in [6.07, 6.45) is 1.47. The number of thioether (sulfide) groups is 1. The fourth-order valence-electron chi connectivity index (χ4n) is 2.38. The Hall–Kier alpha value is -2.11. The molecule has 0 unspecified atom stereocenters. The van der Waals surface area contributed by atoms with E-state index < -0.39 is 0 Å². The zero-order valence-electron chi connectivity index (χ0n) is 14.5. The molecule has 25 heavy (non-hydrogen) atoms. The van der Waals surface area contributed by atoms with E-state index in [1.54, 1.807) is 0 Å². The summed E-state index contributed by atoms with van der Waals surface area (Å²) in [5, 5.41) is 22.8. The Bertz CT molecular complexity index is 799. The number of nitrogens with zero attached hydrogens (tertiary/aromatic N) is 2. The summed E-state index contributed by atoms with van der Waals surface area (Å²) in [7, 11) is 0. The Morgan fingerprint density at radius 2 is 1.72 bits per heavy atom. The summed E-state index contributed by atoms with van der Waals surface area (Å²) in [5.74, 6) is 0.893. The van der Waals surface area contributed by atoms with E-state index in [0.29, 0.717) is 5.75 Å². The molecule has 2 aromatic carbocycles. The number of hydrogen-bond acceptors (Lipinski definition) is 4. The van der Waals surface area contributed by atoms with E-state index in [4.69, 9.17) is 10.8 Å². The second kappa shape index (κ2) is 8.83. The molecule has 2 aromatic rings. The first-order valence-corrected chi connectivity index (χ1v) is 9.49. The second-order valence-electron chi connectivity index (χ2n) is 5.48. The highest BCUT2D eigenvalue weighted by atomic mass is 35.5. The summed E-state index contributed by atoms with van der Waals surface area (Å²) in [6, 6.07) is 15.9. The van der Waals surface area contributed by atoms with Crippen LogP contribution in [0.5, 0.6) is 0 Å². The van der Waals surface area contributed by atoms with E-state index in [0.717, 1.165) is 22.4 Å². The number of rotatable bonds is 2. The first kappa shape index (κ1) is 19.2. The highest BCUT2D eigenvalue weighted by Crippen LogP contribution is 2.22. The molecule has 1 heterocycles. The molecular weight excluding hydrogens is 352 g/mol. The lowest BCUT2D eigenvalue weighted by Crippen LogP contribution is -2.35. The Morgan fingerprint density at radius 3 is 2.36 bits per heavy atom. The third-order valence-corrected chi connectivity index (χ3v) is 4.62. The predicted octanol–water partition coefficient (Wildman–Crippen LogP) is 4.87. The smallest absolute Gasteiger partial charge is 0.183 e. The van der Waals surface area contributed by atoms with Crippen LogP contribution in [0.1, 0.15) is 22.3 Å². The van der Waals surface area contributed by atoms with Crippen LogP contribution in [0.25, 0.3) is 0 Å². The number of hydrogen-bond donors (Lipinski definition) is 2. The Balaban J connectivity index is 0.00000109. The lowest BCUT2D eigenvalue weighted by atomic mass is 10.1. The van der Waals surface area contributed by atoms with E-state index in [-0.39, 0.29) is 11.0 Å². The van der Waals surface area contributed by atoms with E-state index in [9.17, 15) is 0 Å². The van der Waals surface area contributed by atoms with E-state index >= 15 is 0 Å². The molecule has 130 valence electrons. The van der Waals surface area contributed by atoms with Gasteiger partial charge in [0.1, 0.15) is 0 Å². The maximum Gasteiger partial charge on any atom is 0.183 e. The van der Waals surface area contributed by atoms with Gasteiger partial charge in [0.05, 0.1) is 5.71 Å². The van der Waals surface area contributed by atoms with Crippen LogP contribution >= 0.6 is 23.4 Å². The number of amidine groups is 2. The van der Waals surface area contributed by atoms with Gasteiger partial charge in [-0.05, 0) is 25.0 Å². The summed E-state index contributed by atoms with van der Waals surface area (Å²) >= 11 is 6.04. The van der Waals surface area contributed by atoms with Crippen LogP contribution in [0.15, 0.2) is 53.6 Å². The highest BCUT2D eigenvalue weighted by Gasteiger charge is 2.24. The first-order chi connectivity index (χ1) is 12.1. The third kappa shape index (κ3) is 4.50. The molecule has 0 spiro atoms. The number of nitrogens with one attached hydrogen (secondary N) is 2. The molecular formula is C19H21ClN4S. The molecule has 1 aliphatic rings. The van der Waals surface area contributed by atoms with E-state index in [1.165, 1.54) is 28.7 Å². The van der Waals surface area contributed by atoms with Crippen molar-refractivity contribution in [1.82, 2.24) is 5.01 Å². The van der Waals surface area contributed by atoms with Gasteiger partial charge in [-0.25, -0.2) is 0 Å². The molecule has 0 amide bonds. The van der Waals surface area contributed by atoms with Gasteiger partial charge in [-0.3, -0.25) is 10.8 Å². The Morgan fingerprint density at radius 1 is 1.08 bits per heavy atom. The van der Waals surface area contributed by atoms with Gasteiger partial charge in [0, 0.05) is 17.7 Å². The van der Waals surface area contributed by atoms with Crippen LogP contribution in [0.3, 0.4) is 0 Å². The van der Waals surface area contributed by atoms with Crippen molar-refractivity contribution in [2.45, 2.75) is 13.8 Å².